The number of imidazole rings is 1. The molecule has 2 aromatic rings. The average Bonchev–Trinajstić information content (AvgIpc) is 2.80. The molecule has 0 aliphatic rings. The van der Waals surface area contributed by atoms with E-state index < -0.39 is 0 Å². The second-order valence-electron chi connectivity index (χ2n) is 4.88. The quantitative estimate of drug-likeness (QED) is 0.840. The van der Waals surface area contributed by atoms with E-state index in [1.807, 2.05) is 34.9 Å². The monoisotopic (exact) mass is 267 g/mol. The van der Waals surface area contributed by atoms with Gasteiger partial charge in [0, 0.05) is 11.5 Å². The van der Waals surface area contributed by atoms with Crippen molar-refractivity contribution in [3.05, 3.63) is 36.0 Å². The van der Waals surface area contributed by atoms with Gasteiger partial charge in [0.2, 0.25) is 0 Å². The molecule has 0 aliphatic carbocycles. The molecule has 0 saturated heterocycles. The van der Waals surface area contributed by atoms with Crippen LogP contribution in [0.15, 0.2) is 30.3 Å². The van der Waals surface area contributed by atoms with Crippen molar-refractivity contribution in [2.24, 2.45) is 0 Å². The van der Waals surface area contributed by atoms with Crippen LogP contribution >= 0.6 is 0 Å². The molecule has 1 aromatic heterocycles. The Labute approximate surface area is 120 Å². The highest BCUT2D eigenvalue weighted by molar-refractivity contribution is 5.61. The van der Waals surface area contributed by atoms with Crippen LogP contribution in [0, 0.1) is 12.3 Å². The smallest absolute Gasteiger partial charge is 0.142 e. The van der Waals surface area contributed by atoms with E-state index in [0.717, 1.165) is 29.9 Å². The highest BCUT2D eigenvalue weighted by Gasteiger charge is 2.20. The Hall–Kier alpha value is -2.21. The molecule has 104 valence electrons. The molecule has 0 radical (unpaired) electrons. The maximum Gasteiger partial charge on any atom is 0.142 e. The van der Waals surface area contributed by atoms with E-state index in [4.69, 9.17) is 17.1 Å². The number of nitrogens with two attached hydrogens (primary N) is 1. The van der Waals surface area contributed by atoms with Crippen molar-refractivity contribution >= 4 is 5.82 Å². The minimum absolute atomic E-state index is 0.386. The van der Waals surface area contributed by atoms with E-state index in [2.05, 4.69) is 19.8 Å². The van der Waals surface area contributed by atoms with Gasteiger partial charge < -0.3 is 5.73 Å². The number of hydrogen-bond donors (Lipinski definition) is 1. The van der Waals surface area contributed by atoms with E-state index in [1.54, 1.807) is 0 Å². The fraction of sp³-hybridized carbons (Fsp3) is 0.353. The van der Waals surface area contributed by atoms with Crippen LogP contribution in [-0.2, 0) is 6.54 Å². The summed E-state index contributed by atoms with van der Waals surface area (Å²) in [5, 5.41) is 0. The molecule has 2 N–H and O–H groups in total. The number of nitrogen functional groups attached to an aromatic ring is 1. The lowest BCUT2D eigenvalue weighted by Crippen LogP contribution is -2.06. The number of rotatable bonds is 5. The van der Waals surface area contributed by atoms with Gasteiger partial charge in [0.05, 0.1) is 12.2 Å². The Bertz CT molecular complexity index is 601. The van der Waals surface area contributed by atoms with Gasteiger partial charge in [-0.1, -0.05) is 50.1 Å². The van der Waals surface area contributed by atoms with Crippen LogP contribution in [-0.4, -0.2) is 9.55 Å². The van der Waals surface area contributed by atoms with Crippen molar-refractivity contribution in [3.8, 4) is 23.7 Å². The van der Waals surface area contributed by atoms with Crippen LogP contribution < -0.4 is 5.73 Å². The lowest BCUT2D eigenvalue weighted by Gasteiger charge is -2.10. The summed E-state index contributed by atoms with van der Waals surface area (Å²) < 4.78 is 1.93. The summed E-state index contributed by atoms with van der Waals surface area (Å²) in [4.78, 5) is 4.78. The second kappa shape index (κ2) is 6.29. The maximum absolute atomic E-state index is 6.28. The largest absolute Gasteiger partial charge is 0.383 e. The van der Waals surface area contributed by atoms with Gasteiger partial charge in [0.25, 0.3) is 0 Å². The van der Waals surface area contributed by atoms with Gasteiger partial charge in [0.15, 0.2) is 0 Å². The second-order valence-corrected chi connectivity index (χ2v) is 4.88. The summed E-state index contributed by atoms with van der Waals surface area (Å²) >= 11 is 0. The Balaban J connectivity index is 2.57. The molecule has 2 rings (SSSR count). The summed E-state index contributed by atoms with van der Waals surface area (Å²) in [5.41, 5.74) is 8.31. The molecule has 1 heterocycles. The SMILES string of the molecule is C#CCn1c(-c2ccccc2)nc(C(CC)CC)c1N. The molecular formula is C17H21N3. The normalized spacial score (nSPS) is 10.7. The number of anilines is 1. The van der Waals surface area contributed by atoms with E-state index in [0.29, 0.717) is 18.3 Å². The zero-order chi connectivity index (χ0) is 14.5. The number of hydrogen-bond acceptors (Lipinski definition) is 2. The first-order chi connectivity index (χ1) is 9.72. The minimum atomic E-state index is 0.386. The van der Waals surface area contributed by atoms with Crippen molar-refractivity contribution in [1.29, 1.82) is 0 Å². The topological polar surface area (TPSA) is 43.8 Å². The summed E-state index contributed by atoms with van der Waals surface area (Å²) in [5.74, 6) is 4.62. The fourth-order valence-electron chi connectivity index (χ4n) is 2.52. The molecule has 0 spiro atoms. The van der Waals surface area contributed by atoms with Crippen molar-refractivity contribution in [2.75, 3.05) is 5.73 Å². The highest BCUT2D eigenvalue weighted by Crippen LogP contribution is 2.31. The van der Waals surface area contributed by atoms with E-state index >= 15 is 0 Å². The van der Waals surface area contributed by atoms with Crippen LogP contribution in [0.3, 0.4) is 0 Å². The van der Waals surface area contributed by atoms with E-state index in [-0.39, 0.29) is 0 Å². The summed E-state index contributed by atoms with van der Waals surface area (Å²) in [6.07, 6.45) is 7.53. The molecule has 3 nitrogen and oxygen atoms in total. The zero-order valence-electron chi connectivity index (χ0n) is 12.1. The summed E-state index contributed by atoms with van der Waals surface area (Å²) in [6.45, 7) is 4.77. The number of nitrogens with zero attached hydrogens (tertiary/aromatic N) is 2. The molecule has 3 heteroatoms. The number of aromatic nitrogens is 2. The van der Waals surface area contributed by atoms with Crippen molar-refractivity contribution in [1.82, 2.24) is 9.55 Å². The van der Waals surface area contributed by atoms with Crippen LogP contribution in [0.2, 0.25) is 0 Å². The maximum atomic E-state index is 6.28. The van der Waals surface area contributed by atoms with Gasteiger partial charge in [0.1, 0.15) is 11.6 Å². The van der Waals surface area contributed by atoms with Crippen molar-refractivity contribution in [3.63, 3.8) is 0 Å². The third kappa shape index (κ3) is 2.55. The van der Waals surface area contributed by atoms with Gasteiger partial charge in [-0.05, 0) is 12.8 Å². The van der Waals surface area contributed by atoms with Crippen molar-refractivity contribution < 1.29 is 0 Å². The molecule has 20 heavy (non-hydrogen) atoms. The Morgan fingerprint density at radius 3 is 2.45 bits per heavy atom. The molecule has 0 atom stereocenters. The Morgan fingerprint density at radius 1 is 1.25 bits per heavy atom. The Kier molecular flexibility index (Phi) is 4.47. The lowest BCUT2D eigenvalue weighted by molar-refractivity contribution is 0.628. The molecule has 0 unspecified atom stereocenters. The first kappa shape index (κ1) is 14.2. The average molecular weight is 267 g/mol. The molecule has 1 aromatic carbocycles. The molecule has 0 fully saturated rings. The molecule has 0 aliphatic heterocycles. The van der Waals surface area contributed by atoms with Crippen molar-refractivity contribution in [2.45, 2.75) is 39.2 Å². The summed E-state index contributed by atoms with van der Waals surface area (Å²) in [6, 6.07) is 10.1. The van der Waals surface area contributed by atoms with Crippen LogP contribution in [0.4, 0.5) is 5.82 Å². The minimum Gasteiger partial charge on any atom is -0.383 e. The number of terminal acetylenes is 1. The number of benzene rings is 1. The van der Waals surface area contributed by atoms with Gasteiger partial charge >= 0.3 is 0 Å². The fourth-order valence-corrected chi connectivity index (χ4v) is 2.52. The first-order valence-electron chi connectivity index (χ1n) is 7.07. The standard InChI is InChI=1S/C17H21N3/c1-4-12-20-16(18)15(13(5-2)6-3)19-17(20)14-10-8-7-9-11-14/h1,7-11,13H,5-6,12,18H2,2-3H3. The predicted molar refractivity (Wildman–Crippen MR) is 84.2 cm³/mol. The van der Waals surface area contributed by atoms with Gasteiger partial charge in [-0.25, -0.2) is 4.98 Å². The molecule has 0 bridgehead atoms. The molecule has 0 amide bonds. The van der Waals surface area contributed by atoms with Gasteiger partial charge in [-0.15, -0.1) is 6.42 Å². The molecular weight excluding hydrogens is 246 g/mol. The highest BCUT2D eigenvalue weighted by atomic mass is 15.1. The molecule has 0 saturated carbocycles. The van der Waals surface area contributed by atoms with Crippen LogP contribution in [0.1, 0.15) is 38.3 Å². The van der Waals surface area contributed by atoms with Gasteiger partial charge in [-0.3, -0.25) is 4.57 Å². The first-order valence-corrected chi connectivity index (χ1v) is 7.07. The lowest BCUT2D eigenvalue weighted by atomic mass is 9.99. The predicted octanol–water partition coefficient (Wildman–Crippen LogP) is 3.67. The van der Waals surface area contributed by atoms with E-state index in [1.165, 1.54) is 0 Å². The zero-order valence-corrected chi connectivity index (χ0v) is 12.1. The third-order valence-electron chi connectivity index (χ3n) is 3.69. The van der Waals surface area contributed by atoms with E-state index in [9.17, 15) is 0 Å². The van der Waals surface area contributed by atoms with Crippen LogP contribution in [0.25, 0.3) is 11.4 Å². The van der Waals surface area contributed by atoms with Crippen LogP contribution in [0.5, 0.6) is 0 Å². The third-order valence-corrected chi connectivity index (χ3v) is 3.69. The Morgan fingerprint density at radius 2 is 1.90 bits per heavy atom. The summed E-state index contributed by atoms with van der Waals surface area (Å²) in [7, 11) is 0. The van der Waals surface area contributed by atoms with Gasteiger partial charge in [-0.2, -0.15) is 0 Å².